The first-order chi connectivity index (χ1) is 6.24. The Morgan fingerprint density at radius 1 is 1.62 bits per heavy atom. The molecule has 0 saturated carbocycles. The van der Waals surface area contributed by atoms with Crippen molar-refractivity contribution in [3.63, 3.8) is 0 Å². The van der Waals surface area contributed by atoms with E-state index in [9.17, 15) is 4.79 Å². The van der Waals surface area contributed by atoms with Crippen LogP contribution in [0.4, 0.5) is 0 Å². The molecule has 2 nitrogen and oxygen atoms in total. The number of aryl methyl sites for hydroxylation is 1. The van der Waals surface area contributed by atoms with Crippen molar-refractivity contribution in [2.75, 3.05) is 0 Å². The predicted molar refractivity (Wildman–Crippen MR) is 55.5 cm³/mol. The fraction of sp³-hybridized carbons (Fsp3) is 0.300. The van der Waals surface area contributed by atoms with E-state index in [1.807, 2.05) is 25.3 Å². The normalized spacial score (nSPS) is 10.9. The minimum Gasteiger partial charge on any atom is -0.351 e. The Morgan fingerprint density at radius 2 is 2.38 bits per heavy atom. The summed E-state index contributed by atoms with van der Waals surface area (Å²) in [6.07, 6.45) is 0.564. The molecule has 2 rings (SSSR count). The number of Topliss-reactive ketones (excluding diaryl/α,β-unsaturated/α-hetero) is 1. The van der Waals surface area contributed by atoms with Crippen LogP contribution < -0.4 is 0 Å². The molecule has 2 aromatic rings. The number of nitrogens with one attached hydrogen (secondary N) is 1. The van der Waals surface area contributed by atoms with Gasteiger partial charge in [0.15, 0.2) is 5.78 Å². The van der Waals surface area contributed by atoms with Gasteiger partial charge in [-0.3, -0.25) is 4.79 Å². The quantitative estimate of drug-likeness (QED) is 0.730. The van der Waals surface area contributed by atoms with Gasteiger partial charge in [-0.1, -0.05) is 6.92 Å². The van der Waals surface area contributed by atoms with Gasteiger partial charge in [-0.25, -0.2) is 0 Å². The highest BCUT2D eigenvalue weighted by Gasteiger charge is 2.13. The van der Waals surface area contributed by atoms with Crippen molar-refractivity contribution < 1.29 is 4.79 Å². The lowest BCUT2D eigenvalue weighted by Crippen LogP contribution is -1.98. The van der Waals surface area contributed by atoms with E-state index in [1.54, 1.807) is 11.3 Å². The van der Waals surface area contributed by atoms with Crippen LogP contribution in [0.2, 0.25) is 0 Å². The van der Waals surface area contributed by atoms with Gasteiger partial charge < -0.3 is 4.98 Å². The van der Waals surface area contributed by atoms with Gasteiger partial charge in [-0.15, -0.1) is 11.3 Å². The van der Waals surface area contributed by atoms with E-state index in [0.29, 0.717) is 6.42 Å². The number of aromatic amines is 1. The first kappa shape index (κ1) is 8.51. The van der Waals surface area contributed by atoms with Crippen molar-refractivity contribution in [1.29, 1.82) is 0 Å². The molecule has 0 aliphatic carbocycles. The highest BCUT2D eigenvalue weighted by Crippen LogP contribution is 2.27. The molecule has 0 amide bonds. The van der Waals surface area contributed by atoms with Gasteiger partial charge in [0.1, 0.15) is 0 Å². The van der Waals surface area contributed by atoms with Crippen LogP contribution in [0.25, 0.3) is 10.2 Å². The Morgan fingerprint density at radius 3 is 3.00 bits per heavy atom. The molecule has 0 aromatic carbocycles. The molecule has 3 heteroatoms. The van der Waals surface area contributed by atoms with Crippen molar-refractivity contribution in [3.8, 4) is 0 Å². The van der Waals surface area contributed by atoms with E-state index < -0.39 is 0 Å². The first-order valence-electron chi connectivity index (χ1n) is 4.33. The van der Waals surface area contributed by atoms with E-state index in [0.717, 1.165) is 16.8 Å². The number of thiophene rings is 1. The molecule has 1 N–H and O–H groups in total. The standard InChI is InChI=1S/C10H11NOS/c1-3-8(12)9-6(2)10-7(11-9)4-5-13-10/h4-5,11H,3H2,1-2H3. The maximum absolute atomic E-state index is 11.5. The van der Waals surface area contributed by atoms with Crippen molar-refractivity contribution in [3.05, 3.63) is 22.7 Å². The van der Waals surface area contributed by atoms with E-state index in [-0.39, 0.29) is 5.78 Å². The van der Waals surface area contributed by atoms with Gasteiger partial charge >= 0.3 is 0 Å². The monoisotopic (exact) mass is 193 g/mol. The van der Waals surface area contributed by atoms with Crippen LogP contribution in [0.3, 0.4) is 0 Å². The molecule has 68 valence electrons. The minimum atomic E-state index is 0.195. The summed E-state index contributed by atoms with van der Waals surface area (Å²) in [7, 11) is 0. The molecule has 0 atom stereocenters. The average molecular weight is 193 g/mol. The summed E-state index contributed by atoms with van der Waals surface area (Å²) in [5.74, 6) is 0.195. The number of H-pyrrole nitrogens is 1. The Labute approximate surface area is 80.6 Å². The number of hydrogen-bond donors (Lipinski definition) is 1. The lowest BCUT2D eigenvalue weighted by atomic mass is 10.1. The molecule has 0 bridgehead atoms. The fourth-order valence-electron chi connectivity index (χ4n) is 1.50. The first-order valence-corrected chi connectivity index (χ1v) is 5.21. The molecule has 0 radical (unpaired) electrons. The number of aromatic nitrogens is 1. The maximum Gasteiger partial charge on any atom is 0.179 e. The summed E-state index contributed by atoms with van der Waals surface area (Å²) in [5.41, 5.74) is 2.96. The zero-order valence-electron chi connectivity index (χ0n) is 7.68. The van der Waals surface area contributed by atoms with E-state index >= 15 is 0 Å². The highest BCUT2D eigenvalue weighted by atomic mass is 32.1. The fourth-order valence-corrected chi connectivity index (χ4v) is 2.36. The number of carbonyl (C=O) groups excluding carboxylic acids is 1. The van der Waals surface area contributed by atoms with E-state index in [1.165, 1.54) is 4.70 Å². The third-order valence-electron chi connectivity index (χ3n) is 2.24. The zero-order chi connectivity index (χ0) is 9.42. The highest BCUT2D eigenvalue weighted by molar-refractivity contribution is 7.17. The molecule has 13 heavy (non-hydrogen) atoms. The van der Waals surface area contributed by atoms with Gasteiger partial charge in [0.25, 0.3) is 0 Å². The van der Waals surface area contributed by atoms with Crippen LogP contribution in [-0.4, -0.2) is 10.8 Å². The number of fused-ring (bicyclic) bond motifs is 1. The molecular weight excluding hydrogens is 182 g/mol. The SMILES string of the molecule is CCC(=O)c1[nH]c2ccsc2c1C. The van der Waals surface area contributed by atoms with E-state index in [2.05, 4.69) is 4.98 Å². The molecule has 0 spiro atoms. The molecule has 0 saturated heterocycles. The molecule has 0 aliphatic rings. The Hall–Kier alpha value is -1.09. The van der Waals surface area contributed by atoms with Crippen LogP contribution in [-0.2, 0) is 0 Å². The average Bonchev–Trinajstić information content (AvgIpc) is 2.68. The lowest BCUT2D eigenvalue weighted by molar-refractivity contribution is 0.0983. The summed E-state index contributed by atoms with van der Waals surface area (Å²) in [6, 6.07) is 2.01. The summed E-state index contributed by atoms with van der Waals surface area (Å²) >= 11 is 1.68. The van der Waals surface area contributed by atoms with Crippen LogP contribution in [0.1, 0.15) is 29.4 Å². The minimum absolute atomic E-state index is 0.195. The Balaban J connectivity index is 2.64. The number of carbonyl (C=O) groups is 1. The lowest BCUT2D eigenvalue weighted by Gasteiger charge is -1.94. The molecule has 2 aromatic heterocycles. The number of ketones is 1. The summed E-state index contributed by atoms with van der Waals surface area (Å²) in [6.45, 7) is 3.88. The summed E-state index contributed by atoms with van der Waals surface area (Å²) in [5, 5.41) is 2.04. The molecule has 0 fully saturated rings. The van der Waals surface area contributed by atoms with Crippen LogP contribution in [0.15, 0.2) is 11.4 Å². The smallest absolute Gasteiger partial charge is 0.179 e. The van der Waals surface area contributed by atoms with Gasteiger partial charge in [-0.05, 0) is 23.9 Å². The molecule has 0 unspecified atom stereocenters. The second kappa shape index (κ2) is 3.00. The largest absolute Gasteiger partial charge is 0.351 e. The predicted octanol–water partition coefficient (Wildman–Crippen LogP) is 3.13. The maximum atomic E-state index is 11.5. The van der Waals surface area contributed by atoms with Crippen molar-refractivity contribution in [1.82, 2.24) is 4.98 Å². The van der Waals surface area contributed by atoms with Crippen LogP contribution in [0.5, 0.6) is 0 Å². The van der Waals surface area contributed by atoms with Gasteiger partial charge in [0, 0.05) is 6.42 Å². The third-order valence-corrected chi connectivity index (χ3v) is 3.27. The Bertz CT molecular complexity index is 452. The van der Waals surface area contributed by atoms with Crippen molar-refractivity contribution in [2.45, 2.75) is 20.3 Å². The van der Waals surface area contributed by atoms with Gasteiger partial charge in [-0.2, -0.15) is 0 Å². The number of hydrogen-bond acceptors (Lipinski definition) is 2. The van der Waals surface area contributed by atoms with Crippen molar-refractivity contribution in [2.24, 2.45) is 0 Å². The van der Waals surface area contributed by atoms with Gasteiger partial charge in [0.05, 0.1) is 15.9 Å². The molecule has 2 heterocycles. The van der Waals surface area contributed by atoms with Crippen molar-refractivity contribution >= 4 is 27.3 Å². The van der Waals surface area contributed by atoms with E-state index in [4.69, 9.17) is 0 Å². The summed E-state index contributed by atoms with van der Waals surface area (Å²) < 4.78 is 1.21. The second-order valence-corrected chi connectivity index (χ2v) is 3.98. The second-order valence-electron chi connectivity index (χ2n) is 3.07. The third kappa shape index (κ3) is 1.20. The van der Waals surface area contributed by atoms with Crippen LogP contribution in [0, 0.1) is 6.92 Å². The topological polar surface area (TPSA) is 32.9 Å². The summed E-state index contributed by atoms with van der Waals surface area (Å²) in [4.78, 5) is 14.6. The number of rotatable bonds is 2. The molecular formula is C10H11NOS. The van der Waals surface area contributed by atoms with Crippen LogP contribution >= 0.6 is 11.3 Å². The van der Waals surface area contributed by atoms with Gasteiger partial charge in [0.2, 0.25) is 0 Å². The zero-order valence-corrected chi connectivity index (χ0v) is 8.49. The Kier molecular flexibility index (Phi) is 1.96. The molecule has 0 aliphatic heterocycles.